The van der Waals surface area contributed by atoms with Crippen LogP contribution in [0.2, 0.25) is 0 Å². The van der Waals surface area contributed by atoms with Crippen LogP contribution in [0.5, 0.6) is 0 Å². The third-order valence-electron chi connectivity index (χ3n) is 4.20. The number of rotatable bonds is 3. The molecule has 0 heterocycles. The van der Waals surface area contributed by atoms with E-state index in [1.54, 1.807) is 0 Å². The van der Waals surface area contributed by atoms with Crippen LogP contribution >= 0.6 is 0 Å². The predicted molar refractivity (Wildman–Crippen MR) is 80.2 cm³/mol. The summed E-state index contributed by atoms with van der Waals surface area (Å²) >= 11 is 0. The zero-order valence-corrected chi connectivity index (χ0v) is 12.2. The van der Waals surface area contributed by atoms with Crippen molar-refractivity contribution in [3.05, 3.63) is 29.3 Å². The Morgan fingerprint density at radius 2 is 1.89 bits per heavy atom. The predicted octanol–water partition coefficient (Wildman–Crippen LogP) is 4.61. The van der Waals surface area contributed by atoms with Crippen LogP contribution in [-0.2, 0) is 0 Å². The largest absolute Gasteiger partial charge is 0.382 e. The molecule has 1 N–H and O–H groups in total. The molecular weight excluding hydrogens is 232 g/mol. The van der Waals surface area contributed by atoms with E-state index in [4.69, 9.17) is 5.26 Å². The van der Waals surface area contributed by atoms with Gasteiger partial charge >= 0.3 is 0 Å². The van der Waals surface area contributed by atoms with Crippen molar-refractivity contribution in [3.8, 4) is 6.07 Å². The van der Waals surface area contributed by atoms with Gasteiger partial charge in [0.2, 0.25) is 0 Å². The Balaban J connectivity index is 2.03. The van der Waals surface area contributed by atoms with Crippen LogP contribution in [0.25, 0.3) is 0 Å². The Bertz CT molecular complexity index is 463. The lowest BCUT2D eigenvalue weighted by Gasteiger charge is -2.27. The summed E-state index contributed by atoms with van der Waals surface area (Å²) in [5.41, 5.74) is 3.97. The van der Waals surface area contributed by atoms with E-state index >= 15 is 0 Å². The van der Waals surface area contributed by atoms with E-state index in [9.17, 15) is 0 Å². The number of hydrogen-bond donors (Lipinski definition) is 1. The van der Waals surface area contributed by atoms with Crippen molar-refractivity contribution in [2.24, 2.45) is 5.92 Å². The summed E-state index contributed by atoms with van der Waals surface area (Å²) in [6.07, 6.45) is 4.31. The molecule has 0 radical (unpaired) electrons. The first kappa shape index (κ1) is 13.9. The molecule has 1 fully saturated rings. The first-order valence-electron chi connectivity index (χ1n) is 7.37. The van der Waals surface area contributed by atoms with E-state index in [2.05, 4.69) is 50.4 Å². The lowest BCUT2D eigenvalue weighted by atomic mass is 9.86. The monoisotopic (exact) mass is 256 g/mol. The number of nitriles is 1. The summed E-state index contributed by atoms with van der Waals surface area (Å²) in [4.78, 5) is 0. The molecule has 1 aliphatic rings. The Morgan fingerprint density at radius 1 is 1.21 bits per heavy atom. The number of benzene rings is 1. The summed E-state index contributed by atoms with van der Waals surface area (Å²) in [5.74, 6) is 0.844. The molecule has 0 saturated heterocycles. The average Bonchev–Trinajstić information content (AvgIpc) is 2.42. The van der Waals surface area contributed by atoms with Gasteiger partial charge in [0, 0.05) is 17.6 Å². The molecule has 0 atom stereocenters. The molecule has 0 unspecified atom stereocenters. The summed E-state index contributed by atoms with van der Waals surface area (Å²) in [7, 11) is 0. The zero-order chi connectivity index (χ0) is 13.8. The molecule has 0 spiro atoms. The van der Waals surface area contributed by atoms with Gasteiger partial charge in [-0.05, 0) is 55.7 Å². The molecule has 1 aromatic carbocycles. The Hall–Kier alpha value is -1.49. The van der Waals surface area contributed by atoms with Crippen molar-refractivity contribution < 1.29 is 0 Å². The molecule has 102 valence electrons. The van der Waals surface area contributed by atoms with E-state index in [1.165, 1.54) is 16.8 Å². The van der Waals surface area contributed by atoms with Crippen molar-refractivity contribution in [1.82, 2.24) is 0 Å². The van der Waals surface area contributed by atoms with Crippen LogP contribution in [0.4, 0.5) is 5.69 Å². The normalized spacial score (nSPS) is 23.1. The molecule has 1 aliphatic carbocycles. The maximum absolute atomic E-state index is 8.94. The van der Waals surface area contributed by atoms with Crippen LogP contribution in [0.3, 0.4) is 0 Å². The first-order valence-corrected chi connectivity index (χ1v) is 7.37. The third kappa shape index (κ3) is 3.50. The van der Waals surface area contributed by atoms with Gasteiger partial charge in [-0.25, -0.2) is 0 Å². The average molecular weight is 256 g/mol. The van der Waals surface area contributed by atoms with Crippen LogP contribution in [0, 0.1) is 24.2 Å². The smallest absolute Gasteiger partial charge is 0.0655 e. The molecule has 1 saturated carbocycles. The molecule has 1 aromatic rings. The molecule has 2 heteroatoms. The molecule has 0 aliphatic heterocycles. The van der Waals surface area contributed by atoms with E-state index in [-0.39, 0.29) is 5.92 Å². The topological polar surface area (TPSA) is 35.8 Å². The minimum atomic E-state index is 0.279. The quantitative estimate of drug-likeness (QED) is 0.857. The number of aryl methyl sites for hydroxylation is 1. The van der Waals surface area contributed by atoms with E-state index in [1.807, 2.05) is 0 Å². The number of anilines is 1. The van der Waals surface area contributed by atoms with Gasteiger partial charge in [0.25, 0.3) is 0 Å². The number of nitrogens with one attached hydrogen (secondary N) is 1. The van der Waals surface area contributed by atoms with Crippen LogP contribution in [-0.4, -0.2) is 6.04 Å². The highest BCUT2D eigenvalue weighted by Gasteiger charge is 2.21. The van der Waals surface area contributed by atoms with E-state index < -0.39 is 0 Å². The van der Waals surface area contributed by atoms with Crippen LogP contribution < -0.4 is 5.32 Å². The SMILES string of the molecule is Cc1ccc(C(C)C)cc1NC1CCC(C#N)CC1. The lowest BCUT2D eigenvalue weighted by molar-refractivity contribution is 0.397. The summed E-state index contributed by atoms with van der Waals surface area (Å²) < 4.78 is 0. The number of nitrogens with zero attached hydrogens (tertiary/aromatic N) is 1. The van der Waals surface area contributed by atoms with E-state index in [0.717, 1.165) is 25.7 Å². The first-order chi connectivity index (χ1) is 9.10. The highest BCUT2D eigenvalue weighted by Crippen LogP contribution is 2.28. The van der Waals surface area contributed by atoms with Crippen molar-refractivity contribution in [3.63, 3.8) is 0 Å². The van der Waals surface area contributed by atoms with Crippen molar-refractivity contribution in [2.75, 3.05) is 5.32 Å². The van der Waals surface area contributed by atoms with Gasteiger partial charge in [-0.3, -0.25) is 0 Å². The maximum atomic E-state index is 8.94. The Kier molecular flexibility index (Phi) is 4.47. The summed E-state index contributed by atoms with van der Waals surface area (Å²) in [6, 6.07) is 9.64. The molecule has 2 nitrogen and oxygen atoms in total. The van der Waals surface area contributed by atoms with E-state index in [0.29, 0.717) is 12.0 Å². The molecule has 0 amide bonds. The second-order valence-corrected chi connectivity index (χ2v) is 6.05. The third-order valence-corrected chi connectivity index (χ3v) is 4.20. The summed E-state index contributed by atoms with van der Waals surface area (Å²) in [5, 5.41) is 12.6. The standard InChI is InChI=1S/C17H24N2/c1-12(2)15-7-4-13(3)17(10-15)19-16-8-5-14(11-18)6-9-16/h4,7,10,12,14,16,19H,5-6,8-9H2,1-3H3. The van der Waals surface area contributed by atoms with Gasteiger partial charge in [0.15, 0.2) is 0 Å². The molecule has 2 rings (SSSR count). The van der Waals surface area contributed by atoms with Crippen molar-refractivity contribution >= 4 is 5.69 Å². The second kappa shape index (κ2) is 6.10. The summed E-state index contributed by atoms with van der Waals surface area (Å²) in [6.45, 7) is 6.62. The van der Waals surface area contributed by atoms with Gasteiger partial charge in [-0.1, -0.05) is 26.0 Å². The zero-order valence-electron chi connectivity index (χ0n) is 12.2. The van der Waals surface area contributed by atoms with Gasteiger partial charge < -0.3 is 5.32 Å². The maximum Gasteiger partial charge on any atom is 0.0655 e. The fourth-order valence-electron chi connectivity index (χ4n) is 2.74. The fraction of sp³-hybridized carbons (Fsp3) is 0.588. The van der Waals surface area contributed by atoms with Gasteiger partial charge in [0.05, 0.1) is 6.07 Å². The van der Waals surface area contributed by atoms with Crippen molar-refractivity contribution in [2.45, 2.75) is 58.4 Å². The van der Waals surface area contributed by atoms with Gasteiger partial charge in [-0.15, -0.1) is 0 Å². The number of hydrogen-bond acceptors (Lipinski definition) is 2. The minimum Gasteiger partial charge on any atom is -0.382 e. The highest BCUT2D eigenvalue weighted by molar-refractivity contribution is 5.53. The van der Waals surface area contributed by atoms with Gasteiger partial charge in [0.1, 0.15) is 0 Å². The Labute approximate surface area is 116 Å². The minimum absolute atomic E-state index is 0.279. The Morgan fingerprint density at radius 3 is 2.47 bits per heavy atom. The molecule has 19 heavy (non-hydrogen) atoms. The van der Waals surface area contributed by atoms with Crippen molar-refractivity contribution in [1.29, 1.82) is 5.26 Å². The van der Waals surface area contributed by atoms with Crippen LogP contribution in [0.15, 0.2) is 18.2 Å². The molecular formula is C17H24N2. The molecule has 0 bridgehead atoms. The van der Waals surface area contributed by atoms with Gasteiger partial charge in [-0.2, -0.15) is 5.26 Å². The lowest BCUT2D eigenvalue weighted by Crippen LogP contribution is -2.26. The van der Waals surface area contributed by atoms with Crippen LogP contribution in [0.1, 0.15) is 56.6 Å². The highest BCUT2D eigenvalue weighted by atomic mass is 14.9. The second-order valence-electron chi connectivity index (χ2n) is 6.05. The molecule has 0 aromatic heterocycles. The fourth-order valence-corrected chi connectivity index (χ4v) is 2.74.